The highest BCUT2D eigenvalue weighted by Gasteiger charge is 2.10. The number of aromatic nitrogens is 2. The van der Waals surface area contributed by atoms with Crippen molar-refractivity contribution in [3.05, 3.63) is 30.6 Å². The van der Waals surface area contributed by atoms with Gasteiger partial charge in [-0.2, -0.15) is 0 Å². The number of carbonyl (C=O) groups is 1. The second-order valence-corrected chi connectivity index (χ2v) is 5.13. The minimum absolute atomic E-state index is 0.0865. The molecule has 0 fully saturated rings. The Labute approximate surface area is 118 Å². The Kier molecular flexibility index (Phi) is 4.74. The van der Waals surface area contributed by atoms with E-state index in [2.05, 4.69) is 4.98 Å². The molecule has 0 aliphatic rings. The van der Waals surface area contributed by atoms with Crippen molar-refractivity contribution in [1.82, 2.24) is 14.5 Å². The zero-order valence-corrected chi connectivity index (χ0v) is 12.0. The van der Waals surface area contributed by atoms with Gasteiger partial charge in [-0.25, -0.2) is 4.98 Å². The van der Waals surface area contributed by atoms with Crippen molar-refractivity contribution in [1.29, 1.82) is 0 Å². The van der Waals surface area contributed by atoms with Crippen LogP contribution in [0.5, 0.6) is 0 Å². The Morgan fingerprint density at radius 3 is 2.95 bits per heavy atom. The Morgan fingerprint density at radius 1 is 1.45 bits per heavy atom. The van der Waals surface area contributed by atoms with Gasteiger partial charge in [0.25, 0.3) is 0 Å². The summed E-state index contributed by atoms with van der Waals surface area (Å²) in [6.45, 7) is 2.94. The fourth-order valence-corrected chi connectivity index (χ4v) is 2.10. The van der Waals surface area contributed by atoms with Crippen molar-refractivity contribution < 1.29 is 9.90 Å². The normalized spacial score (nSPS) is 12.6. The number of para-hydroxylation sites is 2. The Bertz CT molecular complexity index is 577. The molecule has 1 heterocycles. The van der Waals surface area contributed by atoms with Crippen molar-refractivity contribution in [2.45, 2.75) is 32.4 Å². The van der Waals surface area contributed by atoms with Crippen LogP contribution in [0, 0.1) is 0 Å². The van der Waals surface area contributed by atoms with Gasteiger partial charge in [0.2, 0.25) is 5.91 Å². The van der Waals surface area contributed by atoms with Crippen LogP contribution in [0.2, 0.25) is 0 Å². The number of aliphatic hydroxyl groups excluding tert-OH is 1. The molecule has 1 aromatic heterocycles. The lowest BCUT2D eigenvalue weighted by Gasteiger charge is -2.18. The SMILES string of the molecule is CC(O)CCN(C)C(=O)CCn1cnc2ccccc21. The van der Waals surface area contributed by atoms with Gasteiger partial charge in [0.15, 0.2) is 0 Å². The molecule has 0 bridgehead atoms. The molecule has 20 heavy (non-hydrogen) atoms. The largest absolute Gasteiger partial charge is 0.393 e. The maximum atomic E-state index is 12.0. The second kappa shape index (κ2) is 6.52. The van der Waals surface area contributed by atoms with Crippen LogP contribution in [0.4, 0.5) is 0 Å². The lowest BCUT2D eigenvalue weighted by molar-refractivity contribution is -0.130. The summed E-state index contributed by atoms with van der Waals surface area (Å²) in [7, 11) is 1.77. The monoisotopic (exact) mass is 275 g/mol. The van der Waals surface area contributed by atoms with E-state index in [0.717, 1.165) is 11.0 Å². The van der Waals surface area contributed by atoms with Crippen molar-refractivity contribution in [3.63, 3.8) is 0 Å². The molecule has 0 aliphatic heterocycles. The molecule has 0 spiro atoms. The number of fused-ring (bicyclic) bond motifs is 1. The van der Waals surface area contributed by atoms with Crippen LogP contribution in [0.25, 0.3) is 11.0 Å². The van der Waals surface area contributed by atoms with E-state index in [1.165, 1.54) is 0 Å². The first-order valence-corrected chi connectivity index (χ1v) is 6.90. The summed E-state index contributed by atoms with van der Waals surface area (Å²) in [6.07, 6.45) is 2.45. The lowest BCUT2D eigenvalue weighted by atomic mass is 10.2. The van der Waals surface area contributed by atoms with Crippen molar-refractivity contribution >= 4 is 16.9 Å². The van der Waals surface area contributed by atoms with Crippen LogP contribution in [-0.4, -0.2) is 45.2 Å². The highest BCUT2D eigenvalue weighted by molar-refractivity contribution is 5.77. The number of aliphatic hydroxyl groups is 1. The van der Waals surface area contributed by atoms with E-state index >= 15 is 0 Å². The summed E-state index contributed by atoms with van der Waals surface area (Å²) in [5.74, 6) is 0.0865. The summed E-state index contributed by atoms with van der Waals surface area (Å²) in [5.41, 5.74) is 1.99. The average molecular weight is 275 g/mol. The molecule has 1 unspecified atom stereocenters. The smallest absolute Gasteiger partial charge is 0.224 e. The van der Waals surface area contributed by atoms with Crippen LogP contribution >= 0.6 is 0 Å². The molecule has 1 amide bonds. The summed E-state index contributed by atoms with van der Waals surface area (Å²) >= 11 is 0. The van der Waals surface area contributed by atoms with Crippen molar-refractivity contribution in [2.24, 2.45) is 0 Å². The number of rotatable bonds is 6. The number of hydrogen-bond donors (Lipinski definition) is 1. The number of benzene rings is 1. The summed E-state index contributed by atoms with van der Waals surface area (Å²) in [4.78, 5) is 18.0. The molecule has 5 heteroatoms. The quantitative estimate of drug-likeness (QED) is 0.872. The summed E-state index contributed by atoms with van der Waals surface area (Å²) in [6, 6.07) is 7.89. The lowest BCUT2D eigenvalue weighted by Crippen LogP contribution is -2.30. The number of aryl methyl sites for hydroxylation is 1. The van der Waals surface area contributed by atoms with Crippen molar-refractivity contribution in [3.8, 4) is 0 Å². The van der Waals surface area contributed by atoms with E-state index in [9.17, 15) is 9.90 Å². The second-order valence-electron chi connectivity index (χ2n) is 5.13. The van der Waals surface area contributed by atoms with E-state index in [1.807, 2.05) is 28.8 Å². The maximum absolute atomic E-state index is 12.0. The highest BCUT2D eigenvalue weighted by Crippen LogP contribution is 2.12. The molecule has 5 nitrogen and oxygen atoms in total. The Morgan fingerprint density at radius 2 is 2.20 bits per heavy atom. The Balaban J connectivity index is 1.90. The maximum Gasteiger partial charge on any atom is 0.224 e. The van der Waals surface area contributed by atoms with Gasteiger partial charge >= 0.3 is 0 Å². The molecule has 1 aromatic carbocycles. The highest BCUT2D eigenvalue weighted by atomic mass is 16.3. The zero-order chi connectivity index (χ0) is 14.5. The number of hydrogen-bond acceptors (Lipinski definition) is 3. The van der Waals surface area contributed by atoms with Crippen LogP contribution in [0.15, 0.2) is 30.6 Å². The number of carbonyl (C=O) groups excluding carboxylic acids is 1. The van der Waals surface area contributed by atoms with Gasteiger partial charge in [-0.1, -0.05) is 12.1 Å². The molecular weight excluding hydrogens is 254 g/mol. The van der Waals surface area contributed by atoms with Gasteiger partial charge in [0.1, 0.15) is 0 Å². The molecule has 0 radical (unpaired) electrons. The van der Waals surface area contributed by atoms with E-state index in [1.54, 1.807) is 25.2 Å². The summed E-state index contributed by atoms with van der Waals surface area (Å²) < 4.78 is 2.00. The van der Waals surface area contributed by atoms with E-state index in [4.69, 9.17) is 0 Å². The van der Waals surface area contributed by atoms with Gasteiger partial charge in [-0.3, -0.25) is 4.79 Å². The Hall–Kier alpha value is -1.88. The van der Waals surface area contributed by atoms with Crippen LogP contribution in [0.3, 0.4) is 0 Å². The van der Waals surface area contributed by atoms with Crippen molar-refractivity contribution in [2.75, 3.05) is 13.6 Å². The van der Waals surface area contributed by atoms with Gasteiger partial charge in [-0.05, 0) is 25.5 Å². The third-order valence-electron chi connectivity index (χ3n) is 3.40. The van der Waals surface area contributed by atoms with Gasteiger partial charge in [-0.15, -0.1) is 0 Å². The molecule has 1 N–H and O–H groups in total. The summed E-state index contributed by atoms with van der Waals surface area (Å²) in [5, 5.41) is 9.23. The molecule has 1 atom stereocenters. The first-order valence-electron chi connectivity index (χ1n) is 6.90. The van der Waals surface area contributed by atoms with Gasteiger partial charge < -0.3 is 14.6 Å². The molecule has 0 aliphatic carbocycles. The van der Waals surface area contributed by atoms with Gasteiger partial charge in [0.05, 0.1) is 23.5 Å². The molecule has 2 aromatic rings. The average Bonchev–Trinajstić information content (AvgIpc) is 2.85. The zero-order valence-electron chi connectivity index (χ0n) is 12.0. The van der Waals surface area contributed by atoms with Gasteiger partial charge in [0, 0.05) is 26.6 Å². The van der Waals surface area contributed by atoms with Crippen LogP contribution < -0.4 is 0 Å². The van der Waals surface area contributed by atoms with Crippen LogP contribution in [-0.2, 0) is 11.3 Å². The minimum Gasteiger partial charge on any atom is -0.393 e. The van der Waals surface area contributed by atoms with E-state index in [-0.39, 0.29) is 12.0 Å². The third-order valence-corrected chi connectivity index (χ3v) is 3.40. The standard InChI is InChI=1S/C15H21N3O2/c1-12(19)7-9-17(2)15(20)8-10-18-11-16-13-5-3-4-6-14(13)18/h3-6,11-12,19H,7-10H2,1-2H3. The molecule has 2 rings (SSSR count). The first-order chi connectivity index (χ1) is 9.58. The fraction of sp³-hybridized carbons (Fsp3) is 0.467. The molecule has 0 saturated heterocycles. The minimum atomic E-state index is -0.372. The fourth-order valence-electron chi connectivity index (χ4n) is 2.10. The topological polar surface area (TPSA) is 58.4 Å². The van der Waals surface area contributed by atoms with E-state index in [0.29, 0.717) is 25.9 Å². The molecule has 0 saturated carbocycles. The third kappa shape index (κ3) is 3.57. The first kappa shape index (κ1) is 14.5. The molecular formula is C15H21N3O2. The van der Waals surface area contributed by atoms with Crippen LogP contribution in [0.1, 0.15) is 19.8 Å². The molecule has 108 valence electrons. The number of amides is 1. The number of nitrogens with zero attached hydrogens (tertiary/aromatic N) is 3. The van der Waals surface area contributed by atoms with E-state index < -0.39 is 0 Å². The number of imidazole rings is 1. The predicted molar refractivity (Wildman–Crippen MR) is 78.3 cm³/mol. The predicted octanol–water partition coefficient (Wildman–Crippen LogP) is 1.66.